The first-order valence-electron chi connectivity index (χ1n) is 6.18. The van der Waals surface area contributed by atoms with Crippen LogP contribution in [0.3, 0.4) is 0 Å². The van der Waals surface area contributed by atoms with E-state index in [1.54, 1.807) is 25.3 Å². The van der Waals surface area contributed by atoms with Crippen LogP contribution in [0.1, 0.15) is 30.6 Å². The van der Waals surface area contributed by atoms with Crippen LogP contribution in [0, 0.1) is 5.92 Å². The smallest absolute Gasteiger partial charge is 0.251 e. The number of hydrogen-bond acceptors (Lipinski definition) is 2. The highest BCUT2D eigenvalue weighted by Gasteiger charge is 2.15. The molecule has 0 aliphatic heterocycles. The third kappa shape index (κ3) is 5.15. The van der Waals surface area contributed by atoms with E-state index in [2.05, 4.69) is 51.0 Å². The highest BCUT2D eigenvalue weighted by molar-refractivity contribution is 9.10. The van der Waals surface area contributed by atoms with E-state index in [1.807, 2.05) is 0 Å². The minimum atomic E-state index is -0.0616. The molecule has 5 heteroatoms. The number of amides is 1. The number of benzene rings is 1. The van der Waals surface area contributed by atoms with E-state index >= 15 is 0 Å². The van der Waals surface area contributed by atoms with E-state index in [9.17, 15) is 4.79 Å². The highest BCUT2D eigenvalue weighted by atomic mass is 79.9. The van der Waals surface area contributed by atoms with E-state index in [-0.39, 0.29) is 11.9 Å². The first-order chi connectivity index (χ1) is 8.97. The number of alkyl halides is 1. The van der Waals surface area contributed by atoms with Crippen LogP contribution in [-0.4, -0.2) is 24.4 Å². The van der Waals surface area contributed by atoms with Crippen LogP contribution < -0.4 is 10.1 Å². The zero-order chi connectivity index (χ0) is 14.4. The van der Waals surface area contributed by atoms with Crippen molar-refractivity contribution in [1.82, 2.24) is 5.32 Å². The molecule has 106 valence electrons. The average molecular weight is 393 g/mol. The molecule has 1 aromatic rings. The molecule has 1 amide bonds. The molecule has 0 heterocycles. The molecule has 0 spiro atoms. The molecule has 0 aliphatic carbocycles. The zero-order valence-electron chi connectivity index (χ0n) is 11.4. The molecule has 1 aromatic carbocycles. The predicted molar refractivity (Wildman–Crippen MR) is 85.2 cm³/mol. The van der Waals surface area contributed by atoms with Gasteiger partial charge in [-0.1, -0.05) is 29.8 Å². The maximum absolute atomic E-state index is 12.2. The Hall–Kier alpha value is -0.550. The van der Waals surface area contributed by atoms with Gasteiger partial charge in [0.15, 0.2) is 0 Å². The van der Waals surface area contributed by atoms with Crippen LogP contribution in [-0.2, 0) is 0 Å². The van der Waals surface area contributed by atoms with Gasteiger partial charge < -0.3 is 10.1 Å². The molecule has 1 rings (SSSR count). The van der Waals surface area contributed by atoms with Gasteiger partial charge in [-0.3, -0.25) is 4.79 Å². The number of hydrogen-bond donors (Lipinski definition) is 1. The van der Waals surface area contributed by atoms with Crippen molar-refractivity contribution in [3.63, 3.8) is 0 Å². The summed E-state index contributed by atoms with van der Waals surface area (Å²) < 4.78 is 5.93. The lowest BCUT2D eigenvalue weighted by molar-refractivity contribution is 0.0937. The number of ether oxygens (including phenoxy) is 1. The normalized spacial score (nSPS) is 12.3. The molecule has 0 aliphatic rings. The molecule has 1 N–H and O–H groups in total. The first-order valence-corrected chi connectivity index (χ1v) is 8.09. The molecule has 0 radical (unpaired) electrons. The second-order valence-electron chi connectivity index (χ2n) is 4.80. The highest BCUT2D eigenvalue weighted by Crippen LogP contribution is 2.25. The second-order valence-corrected chi connectivity index (χ2v) is 6.31. The van der Waals surface area contributed by atoms with Crippen molar-refractivity contribution >= 4 is 37.8 Å². The van der Waals surface area contributed by atoms with Crippen LogP contribution in [0.15, 0.2) is 22.7 Å². The summed E-state index contributed by atoms with van der Waals surface area (Å²) >= 11 is 6.82. The van der Waals surface area contributed by atoms with Gasteiger partial charge in [0.05, 0.1) is 11.6 Å². The van der Waals surface area contributed by atoms with Crippen LogP contribution in [0.4, 0.5) is 0 Å². The summed E-state index contributed by atoms with van der Waals surface area (Å²) in [5.41, 5.74) is 0.627. The number of methoxy groups -OCH3 is 1. The van der Waals surface area contributed by atoms with Crippen LogP contribution in [0.2, 0.25) is 0 Å². The topological polar surface area (TPSA) is 38.3 Å². The van der Waals surface area contributed by atoms with Crippen molar-refractivity contribution in [3.05, 3.63) is 28.2 Å². The standard InChI is InChI=1S/C14H19Br2NO2/c1-9(2)6-11(8-15)17-14(18)10-4-5-13(19-3)12(16)7-10/h4-5,7,9,11H,6,8H2,1-3H3,(H,17,18). The molecule has 1 unspecified atom stereocenters. The second kappa shape index (κ2) is 7.90. The molecule has 0 fully saturated rings. The Morgan fingerprint density at radius 2 is 2.11 bits per heavy atom. The van der Waals surface area contributed by atoms with Crippen molar-refractivity contribution in [2.45, 2.75) is 26.3 Å². The van der Waals surface area contributed by atoms with Crippen molar-refractivity contribution < 1.29 is 9.53 Å². The largest absolute Gasteiger partial charge is 0.496 e. The maximum atomic E-state index is 12.2. The van der Waals surface area contributed by atoms with Crippen molar-refractivity contribution in [3.8, 4) is 5.75 Å². The molecule has 0 bridgehead atoms. The molecule has 0 aromatic heterocycles. The number of halogens is 2. The summed E-state index contributed by atoms with van der Waals surface area (Å²) in [5.74, 6) is 1.20. The summed E-state index contributed by atoms with van der Waals surface area (Å²) in [7, 11) is 1.60. The molecular formula is C14H19Br2NO2. The van der Waals surface area contributed by atoms with E-state index in [0.717, 1.165) is 22.0 Å². The lowest BCUT2D eigenvalue weighted by atomic mass is 10.0. The molecule has 0 saturated heterocycles. The fourth-order valence-corrected chi connectivity index (χ4v) is 2.77. The maximum Gasteiger partial charge on any atom is 0.251 e. The lowest BCUT2D eigenvalue weighted by Gasteiger charge is -2.18. The van der Waals surface area contributed by atoms with Crippen molar-refractivity contribution in [2.24, 2.45) is 5.92 Å². The first kappa shape index (κ1) is 16.5. The average Bonchev–Trinajstić information content (AvgIpc) is 2.37. The van der Waals surface area contributed by atoms with Gasteiger partial charge in [0.1, 0.15) is 5.75 Å². The summed E-state index contributed by atoms with van der Waals surface area (Å²) in [5, 5.41) is 3.79. The molecule has 1 atom stereocenters. The van der Waals surface area contributed by atoms with E-state index in [1.165, 1.54) is 0 Å². The van der Waals surface area contributed by atoms with E-state index in [4.69, 9.17) is 4.74 Å². The Kier molecular flexibility index (Phi) is 6.86. The molecule has 19 heavy (non-hydrogen) atoms. The van der Waals surface area contributed by atoms with Crippen LogP contribution >= 0.6 is 31.9 Å². The summed E-state index contributed by atoms with van der Waals surface area (Å²) in [6.07, 6.45) is 0.953. The van der Waals surface area contributed by atoms with Crippen LogP contribution in [0.5, 0.6) is 5.75 Å². The zero-order valence-corrected chi connectivity index (χ0v) is 14.5. The van der Waals surface area contributed by atoms with Gasteiger partial charge in [0, 0.05) is 16.9 Å². The van der Waals surface area contributed by atoms with Gasteiger partial charge in [-0.15, -0.1) is 0 Å². The molecule has 3 nitrogen and oxygen atoms in total. The van der Waals surface area contributed by atoms with Gasteiger partial charge in [-0.25, -0.2) is 0 Å². The van der Waals surface area contributed by atoms with Gasteiger partial charge in [-0.2, -0.15) is 0 Å². The molecule has 0 saturated carbocycles. The van der Waals surface area contributed by atoms with Gasteiger partial charge >= 0.3 is 0 Å². The van der Waals surface area contributed by atoms with Crippen LogP contribution in [0.25, 0.3) is 0 Å². The lowest BCUT2D eigenvalue weighted by Crippen LogP contribution is -2.37. The number of carbonyl (C=O) groups is 1. The minimum absolute atomic E-state index is 0.0616. The summed E-state index contributed by atoms with van der Waals surface area (Å²) in [6, 6.07) is 5.47. The van der Waals surface area contributed by atoms with Crippen molar-refractivity contribution in [2.75, 3.05) is 12.4 Å². The van der Waals surface area contributed by atoms with Crippen molar-refractivity contribution in [1.29, 1.82) is 0 Å². The van der Waals surface area contributed by atoms with Gasteiger partial charge in [0.25, 0.3) is 5.91 Å². The Bertz CT molecular complexity index is 435. The predicted octanol–water partition coefficient (Wildman–Crippen LogP) is 4.00. The van der Waals surface area contributed by atoms with E-state index < -0.39 is 0 Å². The Morgan fingerprint density at radius 3 is 2.58 bits per heavy atom. The number of carbonyl (C=O) groups excluding carboxylic acids is 1. The fraction of sp³-hybridized carbons (Fsp3) is 0.500. The third-order valence-electron chi connectivity index (χ3n) is 2.69. The fourth-order valence-electron chi connectivity index (χ4n) is 1.81. The van der Waals surface area contributed by atoms with Gasteiger partial charge in [-0.05, 0) is 46.5 Å². The van der Waals surface area contributed by atoms with Gasteiger partial charge in [0.2, 0.25) is 0 Å². The number of nitrogens with one attached hydrogen (secondary N) is 1. The Labute approximate surface area is 131 Å². The SMILES string of the molecule is COc1ccc(C(=O)NC(CBr)CC(C)C)cc1Br. The van der Waals surface area contributed by atoms with E-state index in [0.29, 0.717) is 11.5 Å². The summed E-state index contributed by atoms with van der Waals surface area (Å²) in [4.78, 5) is 12.2. The Balaban J connectivity index is 2.74. The monoisotopic (exact) mass is 391 g/mol. The Morgan fingerprint density at radius 1 is 1.42 bits per heavy atom. The third-order valence-corrected chi connectivity index (χ3v) is 4.09. The minimum Gasteiger partial charge on any atom is -0.496 e. The number of rotatable bonds is 6. The quantitative estimate of drug-likeness (QED) is 0.743. The summed E-state index contributed by atoms with van der Waals surface area (Å²) in [6.45, 7) is 4.29. The molecular weight excluding hydrogens is 374 g/mol.